The van der Waals surface area contributed by atoms with Crippen LogP contribution < -0.4 is 14.8 Å². The van der Waals surface area contributed by atoms with Crippen LogP contribution in [0.3, 0.4) is 0 Å². The zero-order valence-electron chi connectivity index (χ0n) is 15.2. The molecule has 0 aromatic heterocycles. The van der Waals surface area contributed by atoms with Crippen LogP contribution in [0.2, 0.25) is 5.02 Å². The van der Waals surface area contributed by atoms with E-state index in [0.717, 1.165) is 32.1 Å². The van der Waals surface area contributed by atoms with Crippen molar-refractivity contribution in [3.05, 3.63) is 28.3 Å². The molecule has 0 bridgehead atoms. The van der Waals surface area contributed by atoms with E-state index in [1.807, 2.05) is 0 Å². The summed E-state index contributed by atoms with van der Waals surface area (Å²) in [5, 5.41) is 2.55. The van der Waals surface area contributed by atoms with Crippen molar-refractivity contribution in [2.75, 3.05) is 14.2 Å². The van der Waals surface area contributed by atoms with E-state index in [0.29, 0.717) is 22.1 Å². The topological polar surface area (TPSA) is 84.9 Å². The summed E-state index contributed by atoms with van der Waals surface area (Å²) in [5.74, 6) is -0.481. The molecule has 2 aliphatic rings. The van der Waals surface area contributed by atoms with Crippen molar-refractivity contribution in [3.63, 3.8) is 0 Å². The fourth-order valence-electron chi connectivity index (χ4n) is 3.48. The van der Waals surface area contributed by atoms with Gasteiger partial charge in [-0.05, 0) is 30.5 Å². The van der Waals surface area contributed by atoms with Crippen LogP contribution in [-0.4, -0.2) is 43.0 Å². The first-order valence-corrected chi connectivity index (χ1v) is 9.16. The Kier molecular flexibility index (Phi) is 5.70. The monoisotopic (exact) mass is 392 g/mol. The molecule has 2 fully saturated rings. The summed E-state index contributed by atoms with van der Waals surface area (Å²) in [4.78, 5) is 38.6. The number of rotatable bonds is 4. The van der Waals surface area contributed by atoms with Crippen molar-refractivity contribution in [3.8, 4) is 11.5 Å². The molecule has 1 aliphatic heterocycles. The Hall–Kier alpha value is -2.54. The largest absolute Gasteiger partial charge is 0.493 e. The van der Waals surface area contributed by atoms with Gasteiger partial charge in [-0.2, -0.15) is 0 Å². The molecule has 1 heterocycles. The van der Waals surface area contributed by atoms with Gasteiger partial charge in [0.2, 0.25) is 0 Å². The van der Waals surface area contributed by atoms with Crippen molar-refractivity contribution < 1.29 is 23.9 Å². The van der Waals surface area contributed by atoms with Crippen LogP contribution in [0.1, 0.15) is 37.7 Å². The molecule has 1 N–H and O–H groups in total. The number of benzene rings is 1. The number of barbiturate groups is 1. The lowest BCUT2D eigenvalue weighted by molar-refractivity contribution is -0.132. The number of hydrogen-bond acceptors (Lipinski definition) is 5. The molecule has 144 valence electrons. The second kappa shape index (κ2) is 8.00. The fraction of sp³-hybridized carbons (Fsp3) is 0.421. The Morgan fingerprint density at radius 1 is 1.07 bits per heavy atom. The van der Waals surface area contributed by atoms with Crippen LogP contribution in [0.25, 0.3) is 6.08 Å². The van der Waals surface area contributed by atoms with Gasteiger partial charge < -0.3 is 9.47 Å². The van der Waals surface area contributed by atoms with Gasteiger partial charge in [0, 0.05) is 12.1 Å². The summed E-state index contributed by atoms with van der Waals surface area (Å²) >= 11 is 6.26. The number of nitrogens with one attached hydrogen (secondary N) is 1. The van der Waals surface area contributed by atoms with Crippen molar-refractivity contribution in [2.45, 2.75) is 38.1 Å². The molecule has 1 saturated heterocycles. The summed E-state index contributed by atoms with van der Waals surface area (Å²) in [5.41, 5.74) is 0.292. The number of carbonyl (C=O) groups excluding carboxylic acids is 3. The Balaban J connectivity index is 1.98. The van der Waals surface area contributed by atoms with Gasteiger partial charge in [-0.25, -0.2) is 4.79 Å². The molecule has 1 aliphatic carbocycles. The summed E-state index contributed by atoms with van der Waals surface area (Å²) in [6.07, 6.45) is 5.87. The standard InChI is InChI=1S/C19H21ClN2O5/c1-26-15-9-11(14(20)10-16(15)27-2)8-13-17(23)21-19(25)22(18(13)24)12-6-4-3-5-7-12/h8-10,12H,3-7H2,1-2H3,(H,21,23,25). The van der Waals surface area contributed by atoms with Gasteiger partial charge >= 0.3 is 6.03 Å². The van der Waals surface area contributed by atoms with Gasteiger partial charge in [0.05, 0.1) is 19.2 Å². The van der Waals surface area contributed by atoms with Crippen LogP contribution >= 0.6 is 11.6 Å². The predicted octanol–water partition coefficient (Wildman–Crippen LogP) is 3.15. The Morgan fingerprint density at radius 2 is 1.70 bits per heavy atom. The summed E-state index contributed by atoms with van der Waals surface area (Å²) in [7, 11) is 2.96. The van der Waals surface area contributed by atoms with Crippen LogP contribution in [-0.2, 0) is 9.59 Å². The smallest absolute Gasteiger partial charge is 0.331 e. The number of methoxy groups -OCH3 is 2. The molecule has 7 nitrogen and oxygen atoms in total. The van der Waals surface area contributed by atoms with E-state index in [2.05, 4.69) is 5.32 Å². The number of nitrogens with zero attached hydrogens (tertiary/aromatic N) is 1. The molecule has 27 heavy (non-hydrogen) atoms. The maximum Gasteiger partial charge on any atom is 0.331 e. The third-order valence-electron chi connectivity index (χ3n) is 4.88. The van der Waals surface area contributed by atoms with Gasteiger partial charge in [-0.3, -0.25) is 19.8 Å². The molecule has 0 spiro atoms. The van der Waals surface area contributed by atoms with Crippen LogP contribution in [0, 0.1) is 0 Å². The van der Waals surface area contributed by atoms with E-state index < -0.39 is 17.8 Å². The fourth-order valence-corrected chi connectivity index (χ4v) is 3.69. The van der Waals surface area contributed by atoms with E-state index in [1.54, 1.807) is 12.1 Å². The second-order valence-electron chi connectivity index (χ2n) is 6.51. The highest BCUT2D eigenvalue weighted by molar-refractivity contribution is 6.34. The van der Waals surface area contributed by atoms with Crippen LogP contribution in [0.15, 0.2) is 17.7 Å². The molecule has 1 saturated carbocycles. The van der Waals surface area contributed by atoms with Crippen molar-refractivity contribution in [2.24, 2.45) is 0 Å². The first-order valence-electron chi connectivity index (χ1n) is 8.78. The minimum Gasteiger partial charge on any atom is -0.493 e. The van der Waals surface area contributed by atoms with Crippen LogP contribution in [0.4, 0.5) is 4.79 Å². The van der Waals surface area contributed by atoms with Gasteiger partial charge in [-0.15, -0.1) is 0 Å². The lowest BCUT2D eigenvalue weighted by Gasteiger charge is -2.35. The third kappa shape index (κ3) is 3.78. The van der Waals surface area contributed by atoms with E-state index in [-0.39, 0.29) is 11.6 Å². The van der Waals surface area contributed by atoms with E-state index in [9.17, 15) is 14.4 Å². The van der Waals surface area contributed by atoms with Crippen LogP contribution in [0.5, 0.6) is 11.5 Å². The van der Waals surface area contributed by atoms with Crippen molar-refractivity contribution in [1.82, 2.24) is 10.2 Å². The van der Waals surface area contributed by atoms with Gasteiger partial charge in [0.15, 0.2) is 11.5 Å². The predicted molar refractivity (Wildman–Crippen MR) is 99.8 cm³/mol. The average Bonchev–Trinajstić information content (AvgIpc) is 2.66. The zero-order valence-corrected chi connectivity index (χ0v) is 16.0. The summed E-state index contributed by atoms with van der Waals surface area (Å²) < 4.78 is 10.4. The second-order valence-corrected chi connectivity index (χ2v) is 6.92. The minimum atomic E-state index is -0.733. The number of urea groups is 1. The molecular weight excluding hydrogens is 372 g/mol. The highest BCUT2D eigenvalue weighted by atomic mass is 35.5. The highest BCUT2D eigenvalue weighted by Crippen LogP contribution is 2.35. The summed E-state index contributed by atoms with van der Waals surface area (Å²) in [6.45, 7) is 0. The van der Waals surface area contributed by atoms with Gasteiger partial charge in [0.25, 0.3) is 11.8 Å². The lowest BCUT2D eigenvalue weighted by atomic mass is 9.93. The van der Waals surface area contributed by atoms with Gasteiger partial charge in [0.1, 0.15) is 5.57 Å². The molecule has 8 heteroatoms. The highest BCUT2D eigenvalue weighted by Gasteiger charge is 2.40. The zero-order chi connectivity index (χ0) is 19.6. The van der Waals surface area contributed by atoms with Crippen molar-refractivity contribution in [1.29, 1.82) is 0 Å². The van der Waals surface area contributed by atoms with Crippen molar-refractivity contribution >= 4 is 35.5 Å². The molecule has 1 aromatic carbocycles. The molecule has 0 atom stereocenters. The molecular formula is C19H21ClN2O5. The molecule has 0 radical (unpaired) electrons. The molecule has 4 amide bonds. The van der Waals surface area contributed by atoms with E-state index in [4.69, 9.17) is 21.1 Å². The quantitative estimate of drug-likeness (QED) is 0.628. The normalized spacial score (nSPS) is 20.0. The van der Waals surface area contributed by atoms with E-state index >= 15 is 0 Å². The number of hydrogen-bond donors (Lipinski definition) is 1. The maximum absolute atomic E-state index is 12.9. The SMILES string of the molecule is COc1cc(Cl)c(C=C2C(=O)NC(=O)N(C3CCCCC3)C2=O)cc1OC. The Labute approximate surface area is 162 Å². The number of imide groups is 2. The molecule has 0 unspecified atom stereocenters. The third-order valence-corrected chi connectivity index (χ3v) is 5.20. The number of ether oxygens (including phenoxy) is 2. The Morgan fingerprint density at radius 3 is 2.33 bits per heavy atom. The minimum absolute atomic E-state index is 0.130. The van der Waals surface area contributed by atoms with E-state index in [1.165, 1.54) is 25.2 Å². The lowest BCUT2D eigenvalue weighted by Crippen LogP contribution is -2.58. The van der Waals surface area contributed by atoms with Gasteiger partial charge in [-0.1, -0.05) is 30.9 Å². The number of carbonyl (C=O) groups is 3. The number of amides is 4. The Bertz CT molecular complexity index is 815. The molecule has 3 rings (SSSR count). The molecule has 1 aromatic rings. The summed E-state index contributed by atoms with van der Waals surface area (Å²) in [6, 6.07) is 2.27. The first-order chi connectivity index (χ1) is 13.0. The number of halogens is 1. The first kappa shape index (κ1) is 19.2. The average molecular weight is 393 g/mol. The maximum atomic E-state index is 12.9.